The lowest BCUT2D eigenvalue weighted by molar-refractivity contribution is 0.116. The van der Waals surface area contributed by atoms with E-state index in [1.165, 1.54) is 24.5 Å². The molecule has 0 bridgehead atoms. The maximum absolute atomic E-state index is 12.9. The molecule has 2 aromatic heterocycles. The Morgan fingerprint density at radius 2 is 1.71 bits per heavy atom. The van der Waals surface area contributed by atoms with Crippen LogP contribution in [0.15, 0.2) is 41.1 Å². The molecule has 0 unspecified atom stereocenters. The molecule has 0 aliphatic rings. The minimum atomic E-state index is -2.84. The van der Waals surface area contributed by atoms with Gasteiger partial charge in [-0.25, -0.2) is 14.4 Å². The summed E-state index contributed by atoms with van der Waals surface area (Å²) < 4.78 is 48.1. The number of ether oxygens (including phenoxy) is 1. The van der Waals surface area contributed by atoms with Gasteiger partial charge in [0.1, 0.15) is 11.9 Å². The summed E-state index contributed by atoms with van der Waals surface area (Å²) in [5.41, 5.74) is 1.04. The quantitative estimate of drug-likeness (QED) is 0.706. The SMILES string of the molecule is C[C@@H](Oc1ncc(-c2nnc(C(F)F)o2)cn1)c1ccc(F)cc1. The van der Waals surface area contributed by atoms with Gasteiger partial charge in [-0.2, -0.15) is 8.78 Å². The third-order valence-electron chi connectivity index (χ3n) is 3.12. The third-order valence-corrected chi connectivity index (χ3v) is 3.12. The molecule has 0 radical (unpaired) electrons. The van der Waals surface area contributed by atoms with Crippen molar-refractivity contribution < 1.29 is 22.3 Å². The van der Waals surface area contributed by atoms with Gasteiger partial charge in [0.15, 0.2) is 0 Å². The Labute approximate surface area is 134 Å². The number of hydrogen-bond acceptors (Lipinski definition) is 6. The predicted octanol–water partition coefficient (Wildman–Crippen LogP) is 3.74. The first-order valence-corrected chi connectivity index (χ1v) is 6.89. The second kappa shape index (κ2) is 6.65. The first kappa shape index (κ1) is 15.9. The average molecular weight is 336 g/mol. The van der Waals surface area contributed by atoms with Crippen LogP contribution in [-0.4, -0.2) is 20.2 Å². The van der Waals surface area contributed by atoms with Crippen LogP contribution >= 0.6 is 0 Å². The average Bonchev–Trinajstić information content (AvgIpc) is 3.06. The Kier molecular flexibility index (Phi) is 4.41. The lowest BCUT2D eigenvalue weighted by Gasteiger charge is -2.13. The largest absolute Gasteiger partial charge is 0.456 e. The summed E-state index contributed by atoms with van der Waals surface area (Å²) in [5.74, 6) is -1.21. The van der Waals surface area contributed by atoms with Crippen LogP contribution in [0.1, 0.15) is 30.9 Å². The number of halogens is 3. The topological polar surface area (TPSA) is 73.9 Å². The Morgan fingerprint density at radius 1 is 1.04 bits per heavy atom. The van der Waals surface area contributed by atoms with Crippen molar-refractivity contribution in [3.05, 3.63) is 53.9 Å². The molecule has 24 heavy (non-hydrogen) atoms. The molecule has 0 saturated heterocycles. The zero-order chi connectivity index (χ0) is 17.1. The molecule has 1 aromatic carbocycles. The van der Waals surface area contributed by atoms with Crippen molar-refractivity contribution in [2.75, 3.05) is 0 Å². The van der Waals surface area contributed by atoms with Crippen LogP contribution in [0.3, 0.4) is 0 Å². The van der Waals surface area contributed by atoms with Gasteiger partial charge in [-0.1, -0.05) is 12.1 Å². The summed E-state index contributed by atoms with van der Waals surface area (Å²) >= 11 is 0. The summed E-state index contributed by atoms with van der Waals surface area (Å²) in [5, 5.41) is 6.73. The van der Waals surface area contributed by atoms with Gasteiger partial charge >= 0.3 is 12.4 Å². The van der Waals surface area contributed by atoms with E-state index in [1.807, 2.05) is 0 Å². The van der Waals surface area contributed by atoms with Crippen molar-refractivity contribution in [3.8, 4) is 17.5 Å². The lowest BCUT2D eigenvalue weighted by Crippen LogP contribution is -2.05. The zero-order valence-corrected chi connectivity index (χ0v) is 12.4. The van der Waals surface area contributed by atoms with Gasteiger partial charge in [-0.05, 0) is 24.6 Å². The Hall–Kier alpha value is -2.97. The second-order valence-electron chi connectivity index (χ2n) is 4.81. The molecule has 0 fully saturated rings. The number of aromatic nitrogens is 4. The maximum atomic E-state index is 12.9. The van der Waals surface area contributed by atoms with Crippen molar-refractivity contribution in [2.24, 2.45) is 0 Å². The van der Waals surface area contributed by atoms with Crippen LogP contribution < -0.4 is 4.74 Å². The summed E-state index contributed by atoms with van der Waals surface area (Å²) in [6, 6.07) is 5.92. The highest BCUT2D eigenvalue weighted by Gasteiger charge is 2.17. The summed E-state index contributed by atoms with van der Waals surface area (Å²) in [6.45, 7) is 1.76. The number of nitrogens with zero attached hydrogens (tertiary/aromatic N) is 4. The Balaban J connectivity index is 1.70. The fourth-order valence-electron chi connectivity index (χ4n) is 1.89. The molecule has 0 saturated carbocycles. The number of alkyl halides is 2. The molecule has 9 heteroatoms. The molecule has 0 spiro atoms. The molecule has 0 aliphatic heterocycles. The molecule has 2 heterocycles. The Morgan fingerprint density at radius 3 is 2.29 bits per heavy atom. The molecular weight excluding hydrogens is 325 g/mol. The van der Waals surface area contributed by atoms with Crippen molar-refractivity contribution in [3.63, 3.8) is 0 Å². The highest BCUT2D eigenvalue weighted by molar-refractivity contribution is 5.49. The van der Waals surface area contributed by atoms with Crippen LogP contribution in [0.25, 0.3) is 11.5 Å². The Bertz CT molecular complexity index is 806. The van der Waals surface area contributed by atoms with Gasteiger partial charge < -0.3 is 9.15 Å². The van der Waals surface area contributed by atoms with Crippen LogP contribution in [0.2, 0.25) is 0 Å². The molecule has 0 N–H and O–H groups in total. The molecule has 124 valence electrons. The maximum Gasteiger partial charge on any atom is 0.316 e. The van der Waals surface area contributed by atoms with Gasteiger partial charge in [0, 0.05) is 12.4 Å². The van der Waals surface area contributed by atoms with E-state index in [0.29, 0.717) is 0 Å². The van der Waals surface area contributed by atoms with E-state index in [9.17, 15) is 13.2 Å². The standard InChI is InChI=1S/C15H11F3N4O2/c1-8(9-2-4-11(16)5-3-9)23-15-19-6-10(7-20-15)13-21-22-14(24-13)12(17)18/h2-8,12H,1H3/t8-/m1/s1. The summed E-state index contributed by atoms with van der Waals surface area (Å²) in [7, 11) is 0. The van der Waals surface area contributed by atoms with Gasteiger partial charge in [0.2, 0.25) is 0 Å². The third kappa shape index (κ3) is 3.50. The molecule has 1 atom stereocenters. The molecule has 3 aromatic rings. The van der Waals surface area contributed by atoms with Gasteiger partial charge in [-0.15, -0.1) is 10.2 Å². The van der Waals surface area contributed by atoms with Crippen LogP contribution in [0.4, 0.5) is 13.2 Å². The molecule has 0 amide bonds. The van der Waals surface area contributed by atoms with Crippen LogP contribution in [0, 0.1) is 5.82 Å². The first-order valence-electron chi connectivity index (χ1n) is 6.89. The molecule has 3 rings (SSSR count). The van der Waals surface area contributed by atoms with Crippen LogP contribution in [0.5, 0.6) is 6.01 Å². The normalized spacial score (nSPS) is 12.4. The second-order valence-corrected chi connectivity index (χ2v) is 4.81. The van der Waals surface area contributed by atoms with E-state index in [1.54, 1.807) is 19.1 Å². The fraction of sp³-hybridized carbons (Fsp3) is 0.200. The van der Waals surface area contributed by atoms with Crippen molar-refractivity contribution in [2.45, 2.75) is 19.5 Å². The first-order chi connectivity index (χ1) is 11.5. The highest BCUT2D eigenvalue weighted by Crippen LogP contribution is 2.24. The van der Waals surface area contributed by atoms with Crippen LogP contribution in [-0.2, 0) is 0 Å². The molecular formula is C15H11F3N4O2. The fourth-order valence-corrected chi connectivity index (χ4v) is 1.89. The smallest absolute Gasteiger partial charge is 0.316 e. The zero-order valence-electron chi connectivity index (χ0n) is 12.4. The monoisotopic (exact) mass is 336 g/mol. The number of rotatable bonds is 5. The molecule has 0 aliphatic carbocycles. The van der Waals surface area contributed by atoms with Crippen molar-refractivity contribution in [1.29, 1.82) is 0 Å². The van der Waals surface area contributed by atoms with E-state index in [2.05, 4.69) is 20.2 Å². The van der Waals surface area contributed by atoms with Crippen molar-refractivity contribution >= 4 is 0 Å². The predicted molar refractivity (Wildman–Crippen MR) is 75.7 cm³/mol. The van der Waals surface area contributed by atoms with E-state index in [-0.39, 0.29) is 23.3 Å². The highest BCUT2D eigenvalue weighted by atomic mass is 19.3. The number of benzene rings is 1. The van der Waals surface area contributed by atoms with Gasteiger partial charge in [-0.3, -0.25) is 0 Å². The van der Waals surface area contributed by atoms with E-state index < -0.39 is 18.4 Å². The summed E-state index contributed by atoms with van der Waals surface area (Å²) in [6.07, 6.45) is -0.595. The minimum absolute atomic E-state index is 0.0733. The molecule has 6 nitrogen and oxygen atoms in total. The summed E-state index contributed by atoms with van der Waals surface area (Å²) in [4.78, 5) is 7.94. The number of hydrogen-bond donors (Lipinski definition) is 0. The van der Waals surface area contributed by atoms with Gasteiger partial charge in [0.05, 0.1) is 5.56 Å². The van der Waals surface area contributed by atoms with E-state index in [0.717, 1.165) is 5.56 Å². The van der Waals surface area contributed by atoms with Gasteiger partial charge in [0.25, 0.3) is 11.8 Å². The lowest BCUT2D eigenvalue weighted by atomic mass is 10.1. The van der Waals surface area contributed by atoms with E-state index >= 15 is 0 Å². The minimum Gasteiger partial charge on any atom is -0.456 e. The van der Waals surface area contributed by atoms with E-state index in [4.69, 9.17) is 9.15 Å². The van der Waals surface area contributed by atoms with Crippen molar-refractivity contribution in [1.82, 2.24) is 20.2 Å².